The molecular formula is C31H42N3+. The van der Waals surface area contributed by atoms with Crippen molar-refractivity contribution in [2.75, 3.05) is 31.1 Å². The number of hydrogen-bond acceptors (Lipinski definition) is 2. The molecule has 2 aromatic rings. The van der Waals surface area contributed by atoms with Crippen LogP contribution in [0.15, 0.2) is 72.3 Å². The lowest BCUT2D eigenvalue weighted by atomic mass is 9.91. The van der Waals surface area contributed by atoms with Crippen LogP contribution in [0.4, 0.5) is 5.69 Å². The van der Waals surface area contributed by atoms with Gasteiger partial charge < -0.3 is 4.90 Å². The molecule has 0 saturated heterocycles. The molecule has 2 atom stereocenters. The van der Waals surface area contributed by atoms with Crippen LogP contribution in [-0.4, -0.2) is 37.1 Å². The van der Waals surface area contributed by atoms with Gasteiger partial charge in [0.1, 0.15) is 7.05 Å². The third kappa shape index (κ3) is 6.36. The molecule has 180 valence electrons. The first-order valence-electron chi connectivity index (χ1n) is 12.8. The number of hydrogen-bond donors (Lipinski definition) is 0. The topological polar surface area (TPSA) is 10.4 Å². The average Bonchev–Trinajstić information content (AvgIpc) is 2.86. The third-order valence-electron chi connectivity index (χ3n) is 6.94. The minimum Gasteiger partial charge on any atom is -0.372 e. The summed E-state index contributed by atoms with van der Waals surface area (Å²) in [5.74, 6) is 0.515. The van der Waals surface area contributed by atoms with Crippen LogP contribution in [-0.2, 0) is 7.05 Å². The van der Waals surface area contributed by atoms with Crippen molar-refractivity contribution in [1.29, 1.82) is 0 Å². The molecule has 0 saturated carbocycles. The van der Waals surface area contributed by atoms with Crippen LogP contribution >= 0.6 is 0 Å². The molecule has 0 fully saturated rings. The SMILES string of the molecule is CCN(CC)c1ccc(/C=C/c2cccc(/C=C/C3=CC(C)C(N(CC)CC)C=C3)[n+]2C)cc1. The lowest BCUT2D eigenvalue weighted by molar-refractivity contribution is -0.675. The highest BCUT2D eigenvalue weighted by Gasteiger charge is 2.21. The molecule has 1 aliphatic carbocycles. The van der Waals surface area contributed by atoms with Gasteiger partial charge in [-0.1, -0.05) is 51.1 Å². The van der Waals surface area contributed by atoms with Gasteiger partial charge >= 0.3 is 0 Å². The second kappa shape index (κ2) is 12.5. The van der Waals surface area contributed by atoms with Gasteiger partial charge in [0.05, 0.1) is 0 Å². The van der Waals surface area contributed by atoms with E-state index in [-0.39, 0.29) is 0 Å². The number of likely N-dealkylation sites (N-methyl/N-ethyl adjacent to an activating group) is 1. The van der Waals surface area contributed by atoms with Crippen molar-refractivity contribution < 1.29 is 4.57 Å². The van der Waals surface area contributed by atoms with E-state index in [1.54, 1.807) is 0 Å². The van der Waals surface area contributed by atoms with Gasteiger partial charge in [-0.05, 0) is 74.3 Å². The Kier molecular flexibility index (Phi) is 9.47. The van der Waals surface area contributed by atoms with Gasteiger partial charge in [0.15, 0.2) is 0 Å². The Morgan fingerprint density at radius 2 is 1.41 bits per heavy atom. The number of nitrogens with zero attached hydrogens (tertiary/aromatic N) is 3. The summed E-state index contributed by atoms with van der Waals surface area (Å²) in [4.78, 5) is 4.88. The highest BCUT2D eigenvalue weighted by molar-refractivity contribution is 5.68. The number of aromatic nitrogens is 1. The van der Waals surface area contributed by atoms with E-state index < -0.39 is 0 Å². The Morgan fingerprint density at radius 3 is 1.97 bits per heavy atom. The average molecular weight is 457 g/mol. The fourth-order valence-corrected chi connectivity index (χ4v) is 4.75. The first-order chi connectivity index (χ1) is 16.5. The smallest absolute Gasteiger partial charge is 0.205 e. The maximum absolute atomic E-state index is 2.52. The van der Waals surface area contributed by atoms with E-state index in [1.165, 1.54) is 28.2 Å². The normalized spacial score (nSPS) is 18.3. The Hall–Kier alpha value is -2.91. The van der Waals surface area contributed by atoms with Crippen molar-refractivity contribution in [2.45, 2.75) is 40.7 Å². The van der Waals surface area contributed by atoms with Gasteiger partial charge in [0.25, 0.3) is 0 Å². The predicted molar refractivity (Wildman–Crippen MR) is 149 cm³/mol. The number of anilines is 1. The van der Waals surface area contributed by atoms with Crippen LogP contribution in [0, 0.1) is 5.92 Å². The van der Waals surface area contributed by atoms with Gasteiger partial charge in [-0.2, -0.15) is 4.57 Å². The molecule has 1 aromatic heterocycles. The van der Waals surface area contributed by atoms with Crippen molar-refractivity contribution in [3.63, 3.8) is 0 Å². The maximum atomic E-state index is 2.52. The van der Waals surface area contributed by atoms with Gasteiger partial charge in [0.2, 0.25) is 11.4 Å². The molecule has 0 aliphatic heterocycles. The summed E-state index contributed by atoms with van der Waals surface area (Å²) in [6, 6.07) is 15.8. The zero-order valence-corrected chi connectivity index (χ0v) is 21.9. The van der Waals surface area contributed by atoms with Crippen molar-refractivity contribution in [3.8, 4) is 0 Å². The molecule has 0 N–H and O–H groups in total. The summed E-state index contributed by atoms with van der Waals surface area (Å²) < 4.78 is 2.24. The summed E-state index contributed by atoms with van der Waals surface area (Å²) in [5, 5.41) is 0. The Morgan fingerprint density at radius 1 is 0.794 bits per heavy atom. The summed E-state index contributed by atoms with van der Waals surface area (Å²) in [6.45, 7) is 15.4. The van der Waals surface area contributed by atoms with Crippen LogP contribution in [0.5, 0.6) is 0 Å². The quantitative estimate of drug-likeness (QED) is 0.384. The molecule has 3 nitrogen and oxygen atoms in total. The lowest BCUT2D eigenvalue weighted by Crippen LogP contribution is -2.38. The zero-order valence-electron chi connectivity index (χ0n) is 21.9. The largest absolute Gasteiger partial charge is 0.372 e. The monoisotopic (exact) mass is 456 g/mol. The summed E-state index contributed by atoms with van der Waals surface area (Å²) in [6.07, 6.45) is 15.9. The standard InChI is InChI=1S/C31H42N3/c1-7-33(8-2)30-21-15-26(16-22-30)14-19-28-12-11-13-29(32(28)6)20-17-27-18-23-31(25(5)24-27)34(9-3)10-4/h11-25,31H,7-10H2,1-6H3/q+1/b20-17+. The molecule has 1 heterocycles. The van der Waals surface area contributed by atoms with Crippen LogP contribution in [0.25, 0.3) is 18.2 Å². The minimum absolute atomic E-state index is 0.498. The predicted octanol–water partition coefficient (Wildman–Crippen LogP) is 6.38. The third-order valence-corrected chi connectivity index (χ3v) is 6.94. The molecule has 0 amide bonds. The van der Waals surface area contributed by atoms with Crippen LogP contribution in [0.3, 0.4) is 0 Å². The van der Waals surface area contributed by atoms with E-state index in [9.17, 15) is 0 Å². The van der Waals surface area contributed by atoms with Gasteiger partial charge in [-0.3, -0.25) is 4.90 Å². The summed E-state index contributed by atoms with van der Waals surface area (Å²) >= 11 is 0. The number of rotatable bonds is 10. The van der Waals surface area contributed by atoms with Crippen molar-refractivity contribution in [3.05, 3.63) is 89.3 Å². The van der Waals surface area contributed by atoms with Gasteiger partial charge in [-0.25, -0.2) is 0 Å². The second-order valence-electron chi connectivity index (χ2n) is 8.96. The highest BCUT2D eigenvalue weighted by Crippen LogP contribution is 2.23. The number of pyridine rings is 1. The first kappa shape index (κ1) is 25.7. The molecule has 0 radical (unpaired) electrons. The highest BCUT2D eigenvalue weighted by atomic mass is 15.1. The van der Waals surface area contributed by atoms with E-state index in [4.69, 9.17) is 0 Å². The van der Waals surface area contributed by atoms with Gasteiger partial charge in [-0.15, -0.1) is 0 Å². The molecule has 34 heavy (non-hydrogen) atoms. The van der Waals surface area contributed by atoms with E-state index in [2.05, 4.69) is 141 Å². The molecular weight excluding hydrogens is 414 g/mol. The van der Waals surface area contributed by atoms with Crippen LogP contribution in [0.1, 0.15) is 51.6 Å². The Bertz CT molecular complexity index is 1030. The summed E-state index contributed by atoms with van der Waals surface area (Å²) in [5.41, 5.74) is 6.14. The van der Waals surface area contributed by atoms with E-state index in [1.807, 2.05) is 0 Å². The molecule has 1 aromatic carbocycles. The second-order valence-corrected chi connectivity index (χ2v) is 8.96. The number of allylic oxidation sites excluding steroid dienone is 3. The fourth-order valence-electron chi connectivity index (χ4n) is 4.75. The molecule has 1 aliphatic rings. The zero-order chi connectivity index (χ0) is 24.5. The van der Waals surface area contributed by atoms with Crippen molar-refractivity contribution >= 4 is 23.9 Å². The Labute approximate surface area is 207 Å². The molecule has 3 heteroatoms. The first-order valence-corrected chi connectivity index (χ1v) is 12.8. The molecule has 2 unspecified atom stereocenters. The fraction of sp³-hybridized carbons (Fsp3) is 0.387. The summed E-state index contributed by atoms with van der Waals surface area (Å²) in [7, 11) is 2.13. The van der Waals surface area contributed by atoms with Gasteiger partial charge in [0, 0.05) is 49.1 Å². The van der Waals surface area contributed by atoms with E-state index in [0.717, 1.165) is 26.2 Å². The van der Waals surface area contributed by atoms with Crippen LogP contribution < -0.4 is 9.47 Å². The molecule has 0 bridgehead atoms. The number of benzene rings is 1. The Balaban J connectivity index is 1.71. The maximum Gasteiger partial charge on any atom is 0.205 e. The van der Waals surface area contributed by atoms with Crippen molar-refractivity contribution in [2.24, 2.45) is 13.0 Å². The van der Waals surface area contributed by atoms with Crippen molar-refractivity contribution in [1.82, 2.24) is 4.90 Å². The van der Waals surface area contributed by atoms with E-state index in [0.29, 0.717) is 12.0 Å². The molecule has 3 rings (SSSR count). The van der Waals surface area contributed by atoms with Crippen LogP contribution in [0.2, 0.25) is 0 Å². The lowest BCUT2D eigenvalue weighted by Gasteiger charge is -2.32. The molecule has 0 spiro atoms. The van der Waals surface area contributed by atoms with E-state index >= 15 is 0 Å². The minimum atomic E-state index is 0.498.